The molecule has 1 amide bonds. The van der Waals surface area contributed by atoms with Gasteiger partial charge in [0.15, 0.2) is 5.43 Å². The summed E-state index contributed by atoms with van der Waals surface area (Å²) >= 11 is 1.57. The Morgan fingerprint density at radius 2 is 1.58 bits per heavy atom. The second-order valence-electron chi connectivity index (χ2n) is 6.61. The number of carbonyl (C=O) groups excluding carboxylic acids is 1. The number of amides is 1. The van der Waals surface area contributed by atoms with Gasteiger partial charge in [0.1, 0.15) is 0 Å². The predicted molar refractivity (Wildman–Crippen MR) is 111 cm³/mol. The lowest BCUT2D eigenvalue weighted by Gasteiger charge is -2.23. The highest BCUT2D eigenvalue weighted by atomic mass is 32.1. The zero-order valence-corrected chi connectivity index (χ0v) is 16.3. The van der Waals surface area contributed by atoms with Gasteiger partial charge >= 0.3 is 0 Å². The van der Waals surface area contributed by atoms with Crippen molar-refractivity contribution in [1.29, 1.82) is 0 Å². The van der Waals surface area contributed by atoms with E-state index in [0.29, 0.717) is 16.3 Å². The molecule has 0 aliphatic carbocycles. The Labute approximate surface area is 158 Å². The summed E-state index contributed by atoms with van der Waals surface area (Å²) in [5.41, 5.74) is 0.506. The molecule has 0 saturated carbocycles. The molecule has 136 valence electrons. The van der Waals surface area contributed by atoms with Crippen molar-refractivity contribution in [3.8, 4) is 0 Å². The fraction of sp³-hybridized carbons (Fsp3) is 0.364. The van der Waals surface area contributed by atoms with Crippen LogP contribution in [-0.2, 0) is 0 Å². The molecule has 0 unspecified atom stereocenters. The third kappa shape index (κ3) is 3.65. The third-order valence-corrected chi connectivity index (χ3v) is 5.82. The monoisotopic (exact) mass is 367 g/mol. The molecule has 0 saturated heterocycles. The average Bonchev–Trinajstić information content (AvgIpc) is 2.67. The summed E-state index contributed by atoms with van der Waals surface area (Å²) in [5, 5.41) is 1.26. The fourth-order valence-corrected chi connectivity index (χ4v) is 4.31. The van der Waals surface area contributed by atoms with E-state index in [9.17, 15) is 9.59 Å². The van der Waals surface area contributed by atoms with Crippen LogP contribution in [0.3, 0.4) is 0 Å². The van der Waals surface area contributed by atoms with Gasteiger partial charge in [-0.25, -0.2) is 0 Å². The van der Waals surface area contributed by atoms with Crippen LogP contribution in [0.4, 0.5) is 0 Å². The lowest BCUT2D eigenvalue weighted by Crippen LogP contribution is -2.33. The van der Waals surface area contributed by atoms with E-state index in [1.165, 1.54) is 0 Å². The number of rotatable bonds is 7. The fourth-order valence-electron chi connectivity index (χ4n) is 3.21. The van der Waals surface area contributed by atoms with Crippen LogP contribution in [0.15, 0.2) is 47.3 Å². The Balaban J connectivity index is 2.12. The molecule has 0 bridgehead atoms. The minimum atomic E-state index is -0.0377. The Morgan fingerprint density at radius 3 is 2.27 bits per heavy atom. The SMILES string of the molecule is CCCCN(CCCC)C(=O)c1cccc2sc3ccccc3c(=O)c12. The second-order valence-corrected chi connectivity index (χ2v) is 7.69. The van der Waals surface area contributed by atoms with Gasteiger partial charge in [-0.15, -0.1) is 11.3 Å². The lowest BCUT2D eigenvalue weighted by atomic mass is 10.1. The number of benzene rings is 2. The van der Waals surface area contributed by atoms with Gasteiger partial charge in [0.25, 0.3) is 5.91 Å². The Morgan fingerprint density at radius 1 is 0.923 bits per heavy atom. The van der Waals surface area contributed by atoms with Crippen LogP contribution in [0.1, 0.15) is 49.9 Å². The van der Waals surface area contributed by atoms with E-state index < -0.39 is 0 Å². The lowest BCUT2D eigenvalue weighted by molar-refractivity contribution is 0.0753. The maximum atomic E-state index is 13.3. The van der Waals surface area contributed by atoms with Crippen LogP contribution >= 0.6 is 11.3 Å². The molecule has 0 aliphatic heterocycles. The molecule has 26 heavy (non-hydrogen) atoms. The summed E-state index contributed by atoms with van der Waals surface area (Å²) in [6.07, 6.45) is 4.06. The Kier molecular flexibility index (Phi) is 6.04. The number of carbonyl (C=O) groups is 1. The van der Waals surface area contributed by atoms with Crippen molar-refractivity contribution < 1.29 is 4.79 Å². The summed E-state index contributed by atoms with van der Waals surface area (Å²) in [7, 11) is 0. The minimum absolute atomic E-state index is 0.0166. The summed E-state index contributed by atoms with van der Waals surface area (Å²) in [5.74, 6) is -0.0166. The number of nitrogens with zero attached hydrogens (tertiary/aromatic N) is 1. The molecule has 1 heterocycles. The molecule has 0 fully saturated rings. The summed E-state index contributed by atoms with van der Waals surface area (Å²) in [6.45, 7) is 5.75. The summed E-state index contributed by atoms with van der Waals surface area (Å²) in [6, 6.07) is 13.3. The first-order valence-corrected chi connectivity index (χ1v) is 10.2. The van der Waals surface area contributed by atoms with E-state index in [4.69, 9.17) is 0 Å². The van der Waals surface area contributed by atoms with E-state index in [1.807, 2.05) is 41.3 Å². The highest BCUT2D eigenvalue weighted by Crippen LogP contribution is 2.27. The molecule has 0 spiro atoms. The standard InChI is InChI=1S/C22H25NO2S/c1-3-5-14-23(15-6-4-2)22(25)17-11-9-13-19-20(17)21(24)16-10-7-8-12-18(16)26-19/h7-13H,3-6,14-15H2,1-2H3. The van der Waals surface area contributed by atoms with Gasteiger partial charge in [-0.2, -0.15) is 0 Å². The van der Waals surface area contributed by atoms with Crippen molar-refractivity contribution in [3.05, 3.63) is 58.3 Å². The maximum Gasteiger partial charge on any atom is 0.254 e. The number of hydrogen-bond donors (Lipinski definition) is 0. The van der Waals surface area contributed by atoms with Crippen LogP contribution in [0, 0.1) is 0 Å². The molecule has 0 atom stereocenters. The molecule has 2 aromatic carbocycles. The normalized spacial score (nSPS) is 11.2. The van der Waals surface area contributed by atoms with Gasteiger partial charge in [-0.05, 0) is 37.1 Å². The summed E-state index contributed by atoms with van der Waals surface area (Å²) in [4.78, 5) is 28.3. The predicted octanol–water partition coefficient (Wildman–Crippen LogP) is 5.46. The highest BCUT2D eigenvalue weighted by molar-refractivity contribution is 7.24. The van der Waals surface area contributed by atoms with Crippen LogP contribution < -0.4 is 5.43 Å². The molecule has 3 aromatic rings. The van der Waals surface area contributed by atoms with Crippen molar-refractivity contribution in [3.63, 3.8) is 0 Å². The first-order chi connectivity index (χ1) is 12.7. The van der Waals surface area contributed by atoms with E-state index in [0.717, 1.165) is 48.2 Å². The topological polar surface area (TPSA) is 37.4 Å². The Hall–Kier alpha value is -2.20. The molecular formula is C22H25NO2S. The van der Waals surface area contributed by atoms with Crippen LogP contribution in [0.5, 0.6) is 0 Å². The Bertz CT molecular complexity index is 969. The molecule has 0 radical (unpaired) electrons. The summed E-state index contributed by atoms with van der Waals surface area (Å²) < 4.78 is 1.84. The van der Waals surface area contributed by atoms with Crippen molar-refractivity contribution in [1.82, 2.24) is 4.90 Å². The number of hydrogen-bond acceptors (Lipinski definition) is 3. The van der Waals surface area contributed by atoms with Crippen molar-refractivity contribution in [2.75, 3.05) is 13.1 Å². The van der Waals surface area contributed by atoms with Crippen LogP contribution in [0.2, 0.25) is 0 Å². The van der Waals surface area contributed by atoms with Gasteiger partial charge in [0, 0.05) is 27.9 Å². The van der Waals surface area contributed by atoms with E-state index in [1.54, 1.807) is 17.4 Å². The van der Waals surface area contributed by atoms with E-state index in [2.05, 4.69) is 13.8 Å². The van der Waals surface area contributed by atoms with E-state index >= 15 is 0 Å². The molecule has 3 nitrogen and oxygen atoms in total. The maximum absolute atomic E-state index is 13.3. The van der Waals surface area contributed by atoms with Crippen LogP contribution in [0.25, 0.3) is 20.2 Å². The molecule has 3 rings (SSSR count). The van der Waals surface area contributed by atoms with Crippen molar-refractivity contribution in [2.24, 2.45) is 0 Å². The minimum Gasteiger partial charge on any atom is -0.339 e. The van der Waals surface area contributed by atoms with Crippen molar-refractivity contribution in [2.45, 2.75) is 39.5 Å². The molecular weight excluding hydrogens is 342 g/mol. The zero-order valence-electron chi connectivity index (χ0n) is 15.5. The highest BCUT2D eigenvalue weighted by Gasteiger charge is 2.20. The van der Waals surface area contributed by atoms with Gasteiger partial charge in [-0.1, -0.05) is 44.9 Å². The quantitative estimate of drug-likeness (QED) is 0.520. The average molecular weight is 368 g/mol. The van der Waals surface area contributed by atoms with Crippen LogP contribution in [-0.4, -0.2) is 23.9 Å². The van der Waals surface area contributed by atoms with E-state index in [-0.39, 0.29) is 11.3 Å². The van der Waals surface area contributed by atoms with Crippen molar-refractivity contribution >= 4 is 37.4 Å². The van der Waals surface area contributed by atoms with Gasteiger partial charge < -0.3 is 4.90 Å². The number of fused-ring (bicyclic) bond motifs is 2. The molecule has 0 N–H and O–H groups in total. The smallest absolute Gasteiger partial charge is 0.254 e. The molecule has 0 aliphatic rings. The molecule has 4 heteroatoms. The first kappa shape index (κ1) is 18.6. The first-order valence-electron chi connectivity index (χ1n) is 9.41. The third-order valence-electron chi connectivity index (χ3n) is 4.69. The van der Waals surface area contributed by atoms with Gasteiger partial charge in [-0.3, -0.25) is 9.59 Å². The second kappa shape index (κ2) is 8.45. The number of unbranched alkanes of at least 4 members (excludes halogenated alkanes) is 2. The van der Waals surface area contributed by atoms with Gasteiger partial charge in [0.2, 0.25) is 0 Å². The largest absolute Gasteiger partial charge is 0.339 e. The zero-order chi connectivity index (χ0) is 18.5. The van der Waals surface area contributed by atoms with Gasteiger partial charge in [0.05, 0.1) is 10.9 Å². The molecule has 1 aromatic heterocycles.